The number of anilines is 1. The van der Waals surface area contributed by atoms with Gasteiger partial charge in [0, 0.05) is 35.4 Å². The van der Waals surface area contributed by atoms with Gasteiger partial charge in [-0.25, -0.2) is 0 Å². The highest BCUT2D eigenvalue weighted by molar-refractivity contribution is 6.00. The van der Waals surface area contributed by atoms with Crippen LogP contribution in [0.15, 0.2) is 60.7 Å². The molecule has 0 spiro atoms. The largest absolute Gasteiger partial charge is 0.489 e. The summed E-state index contributed by atoms with van der Waals surface area (Å²) in [5.74, 6) is 1.09. The first kappa shape index (κ1) is 26.8. The lowest BCUT2D eigenvalue weighted by Gasteiger charge is -2.19. The predicted octanol–water partition coefficient (Wildman–Crippen LogP) is 7.80. The zero-order valence-electron chi connectivity index (χ0n) is 23.4. The van der Waals surface area contributed by atoms with Gasteiger partial charge in [-0.05, 0) is 128 Å². The maximum atomic E-state index is 13.1. The molecule has 1 fully saturated rings. The molecule has 0 bridgehead atoms. The average molecular weight is 545 g/mol. The molecule has 0 aromatic heterocycles. The number of nitrogens with one attached hydrogen (secondary N) is 1. The molecule has 1 aliphatic carbocycles. The number of likely N-dealkylation sites (tertiary alicyclic amines) is 1. The Morgan fingerprint density at radius 1 is 0.950 bits per heavy atom. The minimum absolute atomic E-state index is 0.0520. The second kappa shape index (κ2) is 11.2. The number of halogens is 2. The molecule has 2 heterocycles. The number of fused-ring (bicyclic) bond motifs is 2. The second-order valence-corrected chi connectivity index (χ2v) is 12.1. The van der Waals surface area contributed by atoms with Crippen molar-refractivity contribution in [3.63, 3.8) is 0 Å². The third-order valence-corrected chi connectivity index (χ3v) is 8.45. The van der Waals surface area contributed by atoms with Gasteiger partial charge in [-0.3, -0.25) is 14.2 Å². The smallest absolute Gasteiger partial charge is 0.172 e. The van der Waals surface area contributed by atoms with Crippen LogP contribution in [-0.4, -0.2) is 42.9 Å². The Bertz CT molecular complexity index is 1400. The number of hydrogen-bond acceptors (Lipinski definition) is 4. The number of benzene rings is 3. The Kier molecular flexibility index (Phi) is 7.54. The van der Waals surface area contributed by atoms with Crippen molar-refractivity contribution in [3.8, 4) is 11.5 Å². The van der Waals surface area contributed by atoms with Crippen molar-refractivity contribution in [2.75, 3.05) is 31.6 Å². The quantitative estimate of drug-likeness (QED) is 0.314. The van der Waals surface area contributed by atoms with E-state index < -0.39 is 0 Å². The van der Waals surface area contributed by atoms with E-state index in [2.05, 4.69) is 71.5 Å². The highest BCUT2D eigenvalue weighted by Crippen LogP contribution is 2.43. The standard InChI is InChI=1S/C34H38F2N2O2/c1-34(2)21-26-19-25(9-14-32(26)37-34)30-6-3-5-24-20-28(40-36)12-13-31(24)33(30)23-7-10-27(11-8-23)39-29-15-18-38(22-29)17-4-16-35/h7-14,19-20,29,37H,3-6,15-18,21-22H2,1-2H3/t29-/m0/s1. The number of allylic oxidation sites excluding steroid dienone is 1. The van der Waals surface area contributed by atoms with E-state index in [1.165, 1.54) is 28.0 Å². The summed E-state index contributed by atoms with van der Waals surface area (Å²) < 4.78 is 32.0. The molecule has 4 nitrogen and oxygen atoms in total. The highest BCUT2D eigenvalue weighted by atomic mass is 19.3. The van der Waals surface area contributed by atoms with Crippen LogP contribution in [0.4, 0.5) is 14.6 Å². The first-order valence-corrected chi connectivity index (χ1v) is 14.5. The molecule has 40 heavy (non-hydrogen) atoms. The number of rotatable bonds is 8. The first-order valence-electron chi connectivity index (χ1n) is 14.5. The zero-order valence-corrected chi connectivity index (χ0v) is 23.4. The number of ether oxygens (including phenoxy) is 1. The molecule has 1 N–H and O–H groups in total. The Morgan fingerprint density at radius 2 is 1.75 bits per heavy atom. The van der Waals surface area contributed by atoms with Crippen molar-refractivity contribution in [2.45, 2.75) is 64.0 Å². The van der Waals surface area contributed by atoms with Gasteiger partial charge < -0.3 is 10.1 Å². The fourth-order valence-electron chi connectivity index (χ4n) is 6.64. The highest BCUT2D eigenvalue weighted by Gasteiger charge is 2.29. The van der Waals surface area contributed by atoms with Crippen molar-refractivity contribution < 1.29 is 18.6 Å². The molecule has 0 saturated carbocycles. The van der Waals surface area contributed by atoms with Crippen LogP contribution in [-0.2, 0) is 12.8 Å². The van der Waals surface area contributed by atoms with E-state index >= 15 is 0 Å². The summed E-state index contributed by atoms with van der Waals surface area (Å²) in [6.45, 7) is 6.78. The van der Waals surface area contributed by atoms with E-state index in [0.29, 0.717) is 6.42 Å². The van der Waals surface area contributed by atoms with Crippen LogP contribution in [0.25, 0.3) is 11.1 Å². The maximum absolute atomic E-state index is 13.1. The van der Waals surface area contributed by atoms with Gasteiger partial charge in [0.1, 0.15) is 11.9 Å². The van der Waals surface area contributed by atoms with Crippen LogP contribution in [0, 0.1) is 0 Å². The Labute approximate surface area is 235 Å². The van der Waals surface area contributed by atoms with E-state index in [1.54, 1.807) is 6.07 Å². The summed E-state index contributed by atoms with van der Waals surface area (Å²) in [5, 5.41) is 3.64. The Balaban J connectivity index is 1.35. The van der Waals surface area contributed by atoms with Gasteiger partial charge in [0.05, 0.1) is 6.67 Å². The van der Waals surface area contributed by atoms with Gasteiger partial charge in [0.2, 0.25) is 0 Å². The summed E-state index contributed by atoms with van der Waals surface area (Å²) in [4.78, 5) is 6.37. The Hall–Kier alpha value is -3.38. The van der Waals surface area contributed by atoms with Crippen LogP contribution >= 0.6 is 0 Å². The lowest BCUT2D eigenvalue weighted by Crippen LogP contribution is -2.26. The average Bonchev–Trinajstić information content (AvgIpc) is 3.47. The van der Waals surface area contributed by atoms with E-state index in [-0.39, 0.29) is 24.1 Å². The molecule has 1 atom stereocenters. The van der Waals surface area contributed by atoms with Gasteiger partial charge in [-0.2, -0.15) is 0 Å². The number of hydrogen-bond donors (Lipinski definition) is 1. The molecule has 0 unspecified atom stereocenters. The van der Waals surface area contributed by atoms with Gasteiger partial charge in [-0.1, -0.05) is 24.3 Å². The molecule has 0 radical (unpaired) electrons. The predicted molar refractivity (Wildman–Crippen MR) is 157 cm³/mol. The van der Waals surface area contributed by atoms with E-state index in [9.17, 15) is 8.92 Å². The van der Waals surface area contributed by atoms with Gasteiger partial charge in [0.25, 0.3) is 0 Å². The molecule has 210 valence electrons. The molecule has 3 aliphatic rings. The third-order valence-electron chi connectivity index (χ3n) is 8.45. The minimum atomic E-state index is -0.271. The summed E-state index contributed by atoms with van der Waals surface area (Å²) in [6, 6.07) is 20.7. The fourth-order valence-corrected chi connectivity index (χ4v) is 6.64. The van der Waals surface area contributed by atoms with Crippen molar-refractivity contribution in [3.05, 3.63) is 88.5 Å². The van der Waals surface area contributed by atoms with Crippen molar-refractivity contribution in [1.29, 1.82) is 0 Å². The number of alkyl halides is 1. The number of nitrogens with zero attached hydrogens (tertiary/aromatic N) is 1. The molecule has 3 aromatic rings. The minimum Gasteiger partial charge on any atom is -0.489 e. The molecule has 6 heteroatoms. The third kappa shape index (κ3) is 5.60. The second-order valence-electron chi connectivity index (χ2n) is 12.1. The SMILES string of the molecule is CC1(C)Cc2cc(C3=C(c4ccc(O[C@H]5CCN(CCCF)C5)cc4)c4ccc(OF)cc4CCC3)ccc2N1. The molecule has 0 amide bonds. The van der Waals surface area contributed by atoms with E-state index in [1.807, 2.05) is 12.1 Å². The Morgan fingerprint density at radius 3 is 2.55 bits per heavy atom. The zero-order chi connectivity index (χ0) is 27.7. The van der Waals surface area contributed by atoms with Gasteiger partial charge >= 0.3 is 0 Å². The molecule has 1 saturated heterocycles. The molecular formula is C34H38F2N2O2. The topological polar surface area (TPSA) is 33.7 Å². The summed E-state index contributed by atoms with van der Waals surface area (Å²) >= 11 is 0. The van der Waals surface area contributed by atoms with Crippen LogP contribution in [0.1, 0.15) is 67.3 Å². The maximum Gasteiger partial charge on any atom is 0.172 e. The number of aryl methyl sites for hydroxylation is 1. The van der Waals surface area contributed by atoms with E-state index in [0.717, 1.165) is 74.2 Å². The van der Waals surface area contributed by atoms with Crippen molar-refractivity contribution >= 4 is 16.8 Å². The molecular weight excluding hydrogens is 506 g/mol. The van der Waals surface area contributed by atoms with Crippen molar-refractivity contribution in [2.24, 2.45) is 0 Å². The molecule has 2 aliphatic heterocycles. The lowest BCUT2D eigenvalue weighted by molar-refractivity contribution is -0.00629. The fraction of sp³-hybridized carbons (Fsp3) is 0.412. The summed E-state index contributed by atoms with van der Waals surface area (Å²) in [6.07, 6.45) is 5.43. The molecule has 3 aromatic carbocycles. The first-order chi connectivity index (χ1) is 19.4. The van der Waals surface area contributed by atoms with Crippen molar-refractivity contribution in [1.82, 2.24) is 4.90 Å². The summed E-state index contributed by atoms with van der Waals surface area (Å²) in [5.41, 5.74) is 9.70. The normalized spacial score (nSPS) is 20.1. The monoisotopic (exact) mass is 544 g/mol. The van der Waals surface area contributed by atoms with Gasteiger partial charge in [0.15, 0.2) is 5.75 Å². The lowest BCUT2D eigenvalue weighted by atomic mass is 9.87. The van der Waals surface area contributed by atoms with Crippen LogP contribution in [0.3, 0.4) is 0 Å². The van der Waals surface area contributed by atoms with Crippen LogP contribution in [0.2, 0.25) is 0 Å². The van der Waals surface area contributed by atoms with Gasteiger partial charge in [-0.15, -0.1) is 0 Å². The van der Waals surface area contributed by atoms with Crippen LogP contribution < -0.4 is 15.0 Å². The van der Waals surface area contributed by atoms with E-state index in [4.69, 9.17) is 4.74 Å². The summed E-state index contributed by atoms with van der Waals surface area (Å²) in [7, 11) is 0. The molecule has 6 rings (SSSR count). The van der Waals surface area contributed by atoms with Crippen LogP contribution in [0.5, 0.6) is 11.5 Å².